The number of furan rings is 1. The van der Waals surface area contributed by atoms with E-state index in [1.54, 1.807) is 6.26 Å². The summed E-state index contributed by atoms with van der Waals surface area (Å²) in [5.74, 6) is 1.03. The Balaban J connectivity index is 2.34. The molecule has 0 amide bonds. The number of aryl methyl sites for hydroxylation is 1. The molecule has 0 unspecified atom stereocenters. The SMILES string of the molecule is c1cc2cocc2c2c1OCCC2. The molecule has 0 fully saturated rings. The fourth-order valence-corrected chi connectivity index (χ4v) is 1.90. The highest BCUT2D eigenvalue weighted by atomic mass is 16.5. The second kappa shape index (κ2) is 2.52. The lowest BCUT2D eigenvalue weighted by Crippen LogP contribution is -2.07. The first-order chi connectivity index (χ1) is 6.45. The van der Waals surface area contributed by atoms with Crippen molar-refractivity contribution in [3.63, 3.8) is 0 Å². The topological polar surface area (TPSA) is 22.4 Å². The summed E-state index contributed by atoms with van der Waals surface area (Å²) in [5.41, 5.74) is 1.30. The zero-order valence-corrected chi connectivity index (χ0v) is 7.25. The van der Waals surface area contributed by atoms with Crippen molar-refractivity contribution in [2.75, 3.05) is 6.61 Å². The molecule has 1 aromatic carbocycles. The van der Waals surface area contributed by atoms with Crippen molar-refractivity contribution in [2.24, 2.45) is 0 Å². The van der Waals surface area contributed by atoms with E-state index in [4.69, 9.17) is 9.15 Å². The second-order valence-electron chi connectivity index (χ2n) is 3.37. The van der Waals surface area contributed by atoms with Gasteiger partial charge in [0.1, 0.15) is 5.75 Å². The highest BCUT2D eigenvalue weighted by Gasteiger charge is 2.13. The van der Waals surface area contributed by atoms with Gasteiger partial charge in [0.15, 0.2) is 0 Å². The van der Waals surface area contributed by atoms with E-state index in [2.05, 4.69) is 0 Å². The van der Waals surface area contributed by atoms with Crippen LogP contribution in [0.4, 0.5) is 0 Å². The summed E-state index contributed by atoms with van der Waals surface area (Å²) in [6.07, 6.45) is 5.80. The summed E-state index contributed by atoms with van der Waals surface area (Å²) in [7, 11) is 0. The Kier molecular flexibility index (Phi) is 1.36. The molecule has 1 aliphatic rings. The van der Waals surface area contributed by atoms with Gasteiger partial charge in [-0.2, -0.15) is 0 Å². The Morgan fingerprint density at radius 2 is 2.15 bits per heavy atom. The van der Waals surface area contributed by atoms with E-state index in [-0.39, 0.29) is 0 Å². The largest absolute Gasteiger partial charge is 0.493 e. The van der Waals surface area contributed by atoms with Gasteiger partial charge in [0.2, 0.25) is 0 Å². The molecule has 2 heteroatoms. The van der Waals surface area contributed by atoms with Crippen LogP contribution in [0, 0.1) is 0 Å². The van der Waals surface area contributed by atoms with Gasteiger partial charge in [0.05, 0.1) is 19.1 Å². The van der Waals surface area contributed by atoms with Gasteiger partial charge < -0.3 is 9.15 Å². The minimum atomic E-state index is 0.844. The standard InChI is InChI=1S/C11H10O2/c1-2-9-10-7-12-6-8(10)3-4-11(9)13-5-1/h3-4,6-7H,1-2,5H2. The minimum Gasteiger partial charge on any atom is -0.493 e. The molecule has 66 valence electrons. The fourth-order valence-electron chi connectivity index (χ4n) is 1.90. The van der Waals surface area contributed by atoms with Crippen molar-refractivity contribution in [3.8, 4) is 5.75 Å². The van der Waals surface area contributed by atoms with Crippen LogP contribution in [0.15, 0.2) is 29.1 Å². The van der Waals surface area contributed by atoms with Gasteiger partial charge in [-0.05, 0) is 25.0 Å². The second-order valence-corrected chi connectivity index (χ2v) is 3.37. The molecule has 0 saturated heterocycles. The van der Waals surface area contributed by atoms with Gasteiger partial charge in [-0.25, -0.2) is 0 Å². The molecule has 1 aliphatic heterocycles. The normalized spacial score (nSPS) is 15.4. The number of rotatable bonds is 0. The maximum absolute atomic E-state index is 5.56. The van der Waals surface area contributed by atoms with Crippen molar-refractivity contribution in [3.05, 3.63) is 30.2 Å². The van der Waals surface area contributed by atoms with Gasteiger partial charge in [0, 0.05) is 16.3 Å². The average Bonchev–Trinajstić information content (AvgIpc) is 2.65. The summed E-state index contributed by atoms with van der Waals surface area (Å²) in [5, 5.41) is 2.38. The first kappa shape index (κ1) is 7.01. The quantitative estimate of drug-likeness (QED) is 0.612. The van der Waals surface area contributed by atoms with Gasteiger partial charge >= 0.3 is 0 Å². The van der Waals surface area contributed by atoms with Crippen LogP contribution >= 0.6 is 0 Å². The molecule has 0 atom stereocenters. The molecule has 3 rings (SSSR count). The molecule has 2 aromatic rings. The molecule has 0 saturated carbocycles. The van der Waals surface area contributed by atoms with Crippen LogP contribution in [0.1, 0.15) is 12.0 Å². The Morgan fingerprint density at radius 3 is 3.15 bits per heavy atom. The smallest absolute Gasteiger partial charge is 0.123 e. The van der Waals surface area contributed by atoms with Crippen molar-refractivity contribution in [1.82, 2.24) is 0 Å². The molecule has 0 aliphatic carbocycles. The zero-order chi connectivity index (χ0) is 8.67. The third-order valence-corrected chi connectivity index (χ3v) is 2.56. The maximum Gasteiger partial charge on any atom is 0.123 e. The summed E-state index contributed by atoms with van der Waals surface area (Å²) >= 11 is 0. The van der Waals surface area contributed by atoms with E-state index in [0.29, 0.717) is 0 Å². The molecule has 2 nitrogen and oxygen atoms in total. The first-order valence-corrected chi connectivity index (χ1v) is 4.56. The van der Waals surface area contributed by atoms with Crippen LogP contribution in [0.5, 0.6) is 5.75 Å². The molecular formula is C11H10O2. The van der Waals surface area contributed by atoms with Crippen LogP contribution in [-0.2, 0) is 6.42 Å². The van der Waals surface area contributed by atoms with E-state index in [1.165, 1.54) is 16.3 Å². The van der Waals surface area contributed by atoms with Crippen molar-refractivity contribution in [1.29, 1.82) is 0 Å². The van der Waals surface area contributed by atoms with Gasteiger partial charge in [-0.3, -0.25) is 0 Å². The van der Waals surface area contributed by atoms with Gasteiger partial charge in [-0.15, -0.1) is 0 Å². The number of hydrogen-bond acceptors (Lipinski definition) is 2. The number of benzene rings is 1. The number of hydrogen-bond donors (Lipinski definition) is 0. The third kappa shape index (κ3) is 0.949. The van der Waals surface area contributed by atoms with Crippen LogP contribution in [0.2, 0.25) is 0 Å². The lowest BCUT2D eigenvalue weighted by Gasteiger charge is -2.17. The number of fused-ring (bicyclic) bond motifs is 3. The average molecular weight is 174 g/mol. The van der Waals surface area contributed by atoms with Gasteiger partial charge in [-0.1, -0.05) is 0 Å². The fraction of sp³-hybridized carbons (Fsp3) is 0.273. The highest BCUT2D eigenvalue weighted by molar-refractivity contribution is 5.86. The van der Waals surface area contributed by atoms with E-state index in [9.17, 15) is 0 Å². The van der Waals surface area contributed by atoms with Crippen LogP contribution in [-0.4, -0.2) is 6.61 Å². The van der Waals surface area contributed by atoms with Gasteiger partial charge in [0.25, 0.3) is 0 Å². The Hall–Kier alpha value is -1.44. The van der Waals surface area contributed by atoms with Crippen LogP contribution < -0.4 is 4.74 Å². The summed E-state index contributed by atoms with van der Waals surface area (Å²) in [6, 6.07) is 4.08. The molecule has 13 heavy (non-hydrogen) atoms. The van der Waals surface area contributed by atoms with Crippen LogP contribution in [0.25, 0.3) is 10.8 Å². The van der Waals surface area contributed by atoms with Crippen molar-refractivity contribution < 1.29 is 9.15 Å². The van der Waals surface area contributed by atoms with E-state index in [1.807, 2.05) is 18.4 Å². The van der Waals surface area contributed by atoms with Crippen molar-refractivity contribution in [2.45, 2.75) is 12.8 Å². The first-order valence-electron chi connectivity index (χ1n) is 4.56. The molecule has 0 radical (unpaired) electrons. The number of ether oxygens (including phenoxy) is 1. The van der Waals surface area contributed by atoms with E-state index in [0.717, 1.165) is 25.2 Å². The predicted octanol–water partition coefficient (Wildman–Crippen LogP) is 2.76. The Morgan fingerprint density at radius 1 is 1.15 bits per heavy atom. The Bertz CT molecular complexity index is 442. The maximum atomic E-state index is 5.56. The lowest BCUT2D eigenvalue weighted by atomic mass is 10.0. The summed E-state index contributed by atoms with van der Waals surface area (Å²) in [4.78, 5) is 0. The monoisotopic (exact) mass is 174 g/mol. The zero-order valence-electron chi connectivity index (χ0n) is 7.25. The van der Waals surface area contributed by atoms with E-state index < -0.39 is 0 Å². The minimum absolute atomic E-state index is 0.844. The lowest BCUT2D eigenvalue weighted by molar-refractivity contribution is 0.289. The van der Waals surface area contributed by atoms with Crippen LogP contribution in [0.3, 0.4) is 0 Å². The molecule has 0 N–H and O–H groups in total. The highest BCUT2D eigenvalue weighted by Crippen LogP contribution is 2.32. The molecule has 0 bridgehead atoms. The Labute approximate surface area is 76.1 Å². The van der Waals surface area contributed by atoms with E-state index >= 15 is 0 Å². The molecule has 2 heterocycles. The molecule has 1 aromatic heterocycles. The third-order valence-electron chi connectivity index (χ3n) is 2.56. The predicted molar refractivity (Wildman–Crippen MR) is 50.0 cm³/mol. The molecular weight excluding hydrogens is 164 g/mol. The molecule has 0 spiro atoms. The summed E-state index contributed by atoms with van der Waals surface area (Å²) in [6.45, 7) is 0.844. The summed E-state index contributed by atoms with van der Waals surface area (Å²) < 4.78 is 10.7. The van der Waals surface area contributed by atoms with Crippen molar-refractivity contribution >= 4 is 10.8 Å².